The molecule has 0 saturated heterocycles. The summed E-state index contributed by atoms with van der Waals surface area (Å²) in [5.74, 6) is 1.62. The molecule has 0 saturated carbocycles. The SMILES string of the molecule is COc1c(C)nc2c(c1C)[C@H](C)CC2. The van der Waals surface area contributed by atoms with Gasteiger partial charge < -0.3 is 4.74 Å². The average Bonchev–Trinajstić information content (AvgIpc) is 2.48. The fraction of sp³-hybridized carbons (Fsp3) is 0.583. The number of hydrogen-bond donors (Lipinski definition) is 0. The van der Waals surface area contributed by atoms with E-state index in [0.29, 0.717) is 5.92 Å². The Balaban J connectivity index is 2.64. The number of aryl methyl sites for hydroxylation is 2. The highest BCUT2D eigenvalue weighted by atomic mass is 16.5. The van der Waals surface area contributed by atoms with Crippen molar-refractivity contribution >= 4 is 0 Å². The van der Waals surface area contributed by atoms with Crippen LogP contribution in [-0.2, 0) is 6.42 Å². The molecule has 14 heavy (non-hydrogen) atoms. The lowest BCUT2D eigenvalue weighted by molar-refractivity contribution is 0.405. The van der Waals surface area contributed by atoms with Crippen LogP contribution in [0.15, 0.2) is 0 Å². The molecule has 2 heteroatoms. The number of nitrogens with zero attached hydrogens (tertiary/aromatic N) is 1. The third-order valence-electron chi connectivity index (χ3n) is 3.20. The summed E-state index contributed by atoms with van der Waals surface area (Å²) in [7, 11) is 1.73. The van der Waals surface area contributed by atoms with Crippen molar-refractivity contribution in [2.75, 3.05) is 7.11 Å². The minimum Gasteiger partial charge on any atom is -0.495 e. The van der Waals surface area contributed by atoms with E-state index in [9.17, 15) is 0 Å². The normalized spacial score (nSPS) is 19.6. The van der Waals surface area contributed by atoms with Crippen LogP contribution < -0.4 is 4.74 Å². The van der Waals surface area contributed by atoms with Crippen LogP contribution in [0.3, 0.4) is 0 Å². The quantitative estimate of drug-likeness (QED) is 0.681. The first-order chi connectivity index (χ1) is 6.65. The highest BCUT2D eigenvalue weighted by molar-refractivity contribution is 5.47. The molecule has 0 aromatic carbocycles. The lowest BCUT2D eigenvalue weighted by Crippen LogP contribution is -2.01. The Bertz CT molecular complexity index is 371. The van der Waals surface area contributed by atoms with Gasteiger partial charge in [0.05, 0.1) is 12.8 Å². The Labute approximate surface area is 85.3 Å². The van der Waals surface area contributed by atoms with Gasteiger partial charge in [-0.15, -0.1) is 0 Å². The van der Waals surface area contributed by atoms with Gasteiger partial charge in [-0.05, 0) is 43.7 Å². The van der Waals surface area contributed by atoms with Crippen LogP contribution in [0.2, 0.25) is 0 Å². The maximum atomic E-state index is 5.39. The van der Waals surface area contributed by atoms with Crippen molar-refractivity contribution < 1.29 is 4.74 Å². The van der Waals surface area contributed by atoms with E-state index in [2.05, 4.69) is 18.8 Å². The van der Waals surface area contributed by atoms with Gasteiger partial charge in [-0.1, -0.05) is 6.92 Å². The second kappa shape index (κ2) is 3.26. The molecule has 1 atom stereocenters. The zero-order chi connectivity index (χ0) is 10.3. The first-order valence-corrected chi connectivity index (χ1v) is 5.19. The summed E-state index contributed by atoms with van der Waals surface area (Å²) in [5.41, 5.74) is 5.03. The minimum absolute atomic E-state index is 0.645. The zero-order valence-corrected chi connectivity index (χ0v) is 9.35. The third-order valence-corrected chi connectivity index (χ3v) is 3.20. The van der Waals surface area contributed by atoms with Gasteiger partial charge in [-0.3, -0.25) is 4.98 Å². The van der Waals surface area contributed by atoms with E-state index < -0.39 is 0 Å². The van der Waals surface area contributed by atoms with E-state index in [-0.39, 0.29) is 0 Å². The number of ether oxygens (including phenoxy) is 1. The summed E-state index contributed by atoms with van der Waals surface area (Å²) in [5, 5.41) is 0. The molecule has 1 heterocycles. The lowest BCUT2D eigenvalue weighted by atomic mass is 9.99. The van der Waals surface area contributed by atoms with Gasteiger partial charge in [-0.25, -0.2) is 0 Å². The number of aromatic nitrogens is 1. The largest absolute Gasteiger partial charge is 0.495 e. The van der Waals surface area contributed by atoms with Gasteiger partial charge in [0.15, 0.2) is 0 Å². The standard InChI is InChI=1S/C12H17NO/c1-7-5-6-10-11(7)8(2)12(14-4)9(3)13-10/h7H,5-6H2,1-4H3/t7-/m1/s1. The zero-order valence-electron chi connectivity index (χ0n) is 9.35. The molecule has 0 unspecified atom stereocenters. The van der Waals surface area contributed by atoms with Crippen molar-refractivity contribution in [2.45, 2.75) is 39.5 Å². The Kier molecular flexibility index (Phi) is 2.22. The molecule has 0 radical (unpaired) electrons. The second-order valence-corrected chi connectivity index (χ2v) is 4.16. The van der Waals surface area contributed by atoms with Crippen molar-refractivity contribution in [1.82, 2.24) is 4.98 Å². The molecule has 0 spiro atoms. The first-order valence-electron chi connectivity index (χ1n) is 5.19. The summed E-state index contributed by atoms with van der Waals surface area (Å²) < 4.78 is 5.39. The molecule has 0 N–H and O–H groups in total. The molecule has 2 nitrogen and oxygen atoms in total. The summed E-state index contributed by atoms with van der Waals surface area (Å²) in [4.78, 5) is 4.61. The molecule has 0 aliphatic heterocycles. The summed E-state index contributed by atoms with van der Waals surface area (Å²) in [6.07, 6.45) is 2.36. The van der Waals surface area contributed by atoms with Gasteiger partial charge in [-0.2, -0.15) is 0 Å². The van der Waals surface area contributed by atoms with Gasteiger partial charge in [0.2, 0.25) is 0 Å². The summed E-state index contributed by atoms with van der Waals surface area (Å²) >= 11 is 0. The molecule has 76 valence electrons. The van der Waals surface area contributed by atoms with E-state index in [4.69, 9.17) is 4.74 Å². The number of hydrogen-bond acceptors (Lipinski definition) is 2. The van der Waals surface area contributed by atoms with E-state index in [0.717, 1.165) is 17.9 Å². The van der Waals surface area contributed by atoms with Crippen LogP contribution in [0.5, 0.6) is 5.75 Å². The number of fused-ring (bicyclic) bond motifs is 1. The molecule has 0 bridgehead atoms. The number of methoxy groups -OCH3 is 1. The molecular weight excluding hydrogens is 174 g/mol. The van der Waals surface area contributed by atoms with Gasteiger partial charge in [0.1, 0.15) is 5.75 Å². The van der Waals surface area contributed by atoms with E-state index in [1.54, 1.807) is 7.11 Å². The topological polar surface area (TPSA) is 22.1 Å². The Morgan fingerprint density at radius 1 is 1.36 bits per heavy atom. The molecular formula is C12H17NO. The Morgan fingerprint density at radius 2 is 2.07 bits per heavy atom. The van der Waals surface area contributed by atoms with Crippen LogP contribution in [0, 0.1) is 13.8 Å². The van der Waals surface area contributed by atoms with Crippen LogP contribution in [0.1, 0.15) is 41.8 Å². The van der Waals surface area contributed by atoms with Crippen LogP contribution in [-0.4, -0.2) is 12.1 Å². The Hall–Kier alpha value is -1.05. The van der Waals surface area contributed by atoms with Gasteiger partial charge >= 0.3 is 0 Å². The summed E-state index contributed by atoms with van der Waals surface area (Å²) in [6.45, 7) is 6.44. The lowest BCUT2D eigenvalue weighted by Gasteiger charge is -2.14. The molecule has 1 aliphatic rings. The van der Waals surface area contributed by atoms with Crippen molar-refractivity contribution in [2.24, 2.45) is 0 Å². The molecule has 2 rings (SSSR count). The smallest absolute Gasteiger partial charge is 0.143 e. The maximum absolute atomic E-state index is 5.39. The fourth-order valence-corrected chi connectivity index (χ4v) is 2.57. The van der Waals surface area contributed by atoms with Crippen LogP contribution in [0.4, 0.5) is 0 Å². The van der Waals surface area contributed by atoms with Crippen LogP contribution >= 0.6 is 0 Å². The highest BCUT2D eigenvalue weighted by Gasteiger charge is 2.24. The average molecular weight is 191 g/mol. The van der Waals surface area contributed by atoms with E-state index in [1.807, 2.05) is 6.92 Å². The third kappa shape index (κ3) is 1.21. The summed E-state index contributed by atoms with van der Waals surface area (Å²) in [6, 6.07) is 0. The monoisotopic (exact) mass is 191 g/mol. The van der Waals surface area contributed by atoms with E-state index in [1.165, 1.54) is 23.2 Å². The number of rotatable bonds is 1. The molecule has 1 aromatic heterocycles. The van der Waals surface area contributed by atoms with Crippen molar-refractivity contribution in [3.8, 4) is 5.75 Å². The van der Waals surface area contributed by atoms with Gasteiger partial charge in [0, 0.05) is 5.69 Å². The van der Waals surface area contributed by atoms with Crippen molar-refractivity contribution in [1.29, 1.82) is 0 Å². The second-order valence-electron chi connectivity index (χ2n) is 4.16. The van der Waals surface area contributed by atoms with Gasteiger partial charge in [0.25, 0.3) is 0 Å². The predicted molar refractivity (Wildman–Crippen MR) is 57.0 cm³/mol. The van der Waals surface area contributed by atoms with Crippen molar-refractivity contribution in [3.05, 3.63) is 22.5 Å². The maximum Gasteiger partial charge on any atom is 0.143 e. The van der Waals surface area contributed by atoms with Crippen molar-refractivity contribution in [3.63, 3.8) is 0 Å². The molecule has 0 amide bonds. The molecule has 0 fully saturated rings. The van der Waals surface area contributed by atoms with Crippen LogP contribution in [0.25, 0.3) is 0 Å². The highest BCUT2D eigenvalue weighted by Crippen LogP contribution is 2.38. The molecule has 1 aromatic rings. The first kappa shape index (κ1) is 9.50. The number of pyridine rings is 1. The minimum atomic E-state index is 0.645. The molecule has 1 aliphatic carbocycles. The Morgan fingerprint density at radius 3 is 2.71 bits per heavy atom. The predicted octanol–water partition coefficient (Wildman–Crippen LogP) is 2.76. The van der Waals surface area contributed by atoms with E-state index >= 15 is 0 Å². The fourth-order valence-electron chi connectivity index (χ4n) is 2.57.